The number of ether oxygens (including phenoxy) is 1. The summed E-state index contributed by atoms with van der Waals surface area (Å²) in [5, 5.41) is 0. The largest absolute Gasteiger partial charge is 0.493 e. The van der Waals surface area contributed by atoms with Crippen molar-refractivity contribution in [3.8, 4) is 5.75 Å². The summed E-state index contributed by atoms with van der Waals surface area (Å²) < 4.78 is 20.0. The van der Waals surface area contributed by atoms with Gasteiger partial charge in [0.1, 0.15) is 17.6 Å². The van der Waals surface area contributed by atoms with Crippen molar-refractivity contribution in [3.63, 3.8) is 0 Å². The number of amides is 1. The monoisotopic (exact) mass is 426 g/mol. The molecule has 2 aromatic carbocycles. The van der Waals surface area contributed by atoms with Gasteiger partial charge in [0.05, 0.1) is 18.3 Å². The van der Waals surface area contributed by atoms with Crippen LogP contribution in [0.5, 0.6) is 5.75 Å². The highest BCUT2D eigenvalue weighted by molar-refractivity contribution is 5.82. The SMILES string of the molecule is CCCCOc1ccccc1C1CC(C(=O)N2CCN(c3ccccc3F)CC2)NN1. The Kier molecular flexibility index (Phi) is 7.04. The molecule has 0 bridgehead atoms. The molecule has 2 aliphatic heterocycles. The first-order valence-electron chi connectivity index (χ1n) is 11.2. The lowest BCUT2D eigenvalue weighted by Gasteiger charge is -2.37. The summed E-state index contributed by atoms with van der Waals surface area (Å²) in [6.07, 6.45) is 2.78. The second kappa shape index (κ2) is 10.1. The number of unbranched alkanes of at least 4 members (excludes halogenated alkanes) is 1. The van der Waals surface area contributed by atoms with E-state index in [2.05, 4.69) is 23.8 Å². The Labute approximate surface area is 183 Å². The summed E-state index contributed by atoms with van der Waals surface area (Å²) in [5.74, 6) is 0.751. The molecule has 31 heavy (non-hydrogen) atoms. The molecule has 7 heteroatoms. The standard InChI is InChI=1S/C24H31FN4O2/c1-2-3-16-31-23-11-7-4-8-18(23)20-17-21(27-26-20)24(30)29-14-12-28(13-15-29)22-10-6-5-9-19(22)25/h4-11,20-21,26-27H,2-3,12-17H2,1H3. The third-order valence-corrected chi connectivity index (χ3v) is 6.04. The van der Waals surface area contributed by atoms with Crippen LogP contribution in [-0.2, 0) is 4.79 Å². The molecule has 2 N–H and O–H groups in total. The quantitative estimate of drug-likeness (QED) is 0.666. The molecule has 2 fully saturated rings. The summed E-state index contributed by atoms with van der Waals surface area (Å²) in [4.78, 5) is 17.0. The summed E-state index contributed by atoms with van der Waals surface area (Å²) in [5.41, 5.74) is 8.14. The van der Waals surface area contributed by atoms with Crippen LogP contribution in [0.4, 0.5) is 10.1 Å². The van der Waals surface area contributed by atoms with E-state index < -0.39 is 0 Å². The Hall–Kier alpha value is -2.64. The second-order valence-electron chi connectivity index (χ2n) is 8.13. The number of piperazine rings is 1. The number of benzene rings is 2. The van der Waals surface area contributed by atoms with Gasteiger partial charge in [0, 0.05) is 31.7 Å². The van der Waals surface area contributed by atoms with Crippen LogP contribution in [-0.4, -0.2) is 49.6 Å². The molecule has 1 amide bonds. The van der Waals surface area contributed by atoms with E-state index in [4.69, 9.17) is 4.74 Å². The average Bonchev–Trinajstić information content (AvgIpc) is 3.30. The van der Waals surface area contributed by atoms with E-state index in [-0.39, 0.29) is 23.8 Å². The van der Waals surface area contributed by atoms with Gasteiger partial charge in [-0.15, -0.1) is 0 Å². The first kappa shape index (κ1) is 21.6. The number of para-hydroxylation sites is 2. The third-order valence-electron chi connectivity index (χ3n) is 6.04. The van der Waals surface area contributed by atoms with E-state index in [1.54, 1.807) is 12.1 Å². The molecule has 6 nitrogen and oxygen atoms in total. The number of carbonyl (C=O) groups excluding carboxylic acids is 1. The van der Waals surface area contributed by atoms with Gasteiger partial charge in [0.2, 0.25) is 5.91 Å². The molecule has 166 valence electrons. The average molecular weight is 427 g/mol. The molecule has 2 aromatic rings. The fraction of sp³-hybridized carbons (Fsp3) is 0.458. The number of halogens is 1. The fourth-order valence-corrected chi connectivity index (χ4v) is 4.24. The highest BCUT2D eigenvalue weighted by Crippen LogP contribution is 2.31. The van der Waals surface area contributed by atoms with E-state index in [9.17, 15) is 9.18 Å². The van der Waals surface area contributed by atoms with Crippen molar-refractivity contribution in [2.75, 3.05) is 37.7 Å². The van der Waals surface area contributed by atoms with Crippen molar-refractivity contribution in [2.45, 2.75) is 38.3 Å². The van der Waals surface area contributed by atoms with Gasteiger partial charge in [-0.25, -0.2) is 15.2 Å². The zero-order valence-electron chi connectivity index (χ0n) is 18.0. The number of rotatable bonds is 7. The molecule has 2 saturated heterocycles. The fourth-order valence-electron chi connectivity index (χ4n) is 4.24. The summed E-state index contributed by atoms with van der Waals surface area (Å²) in [6.45, 7) is 5.28. The van der Waals surface area contributed by atoms with Gasteiger partial charge < -0.3 is 14.5 Å². The Bertz CT molecular complexity index is 885. The van der Waals surface area contributed by atoms with Crippen molar-refractivity contribution >= 4 is 11.6 Å². The Morgan fingerprint density at radius 1 is 1.06 bits per heavy atom. The lowest BCUT2D eigenvalue weighted by atomic mass is 10.0. The molecule has 2 aliphatic rings. The molecule has 4 rings (SSSR count). The molecule has 0 aromatic heterocycles. The van der Waals surface area contributed by atoms with E-state index >= 15 is 0 Å². The summed E-state index contributed by atoms with van der Waals surface area (Å²) >= 11 is 0. The van der Waals surface area contributed by atoms with Crippen LogP contribution >= 0.6 is 0 Å². The molecule has 0 saturated carbocycles. The minimum atomic E-state index is -0.284. The van der Waals surface area contributed by atoms with E-state index in [1.807, 2.05) is 34.1 Å². The van der Waals surface area contributed by atoms with Gasteiger partial charge in [-0.2, -0.15) is 0 Å². The van der Waals surface area contributed by atoms with Gasteiger partial charge >= 0.3 is 0 Å². The topological polar surface area (TPSA) is 56.8 Å². The van der Waals surface area contributed by atoms with E-state index in [0.717, 1.165) is 24.2 Å². The maximum absolute atomic E-state index is 14.1. The predicted molar refractivity (Wildman–Crippen MR) is 119 cm³/mol. The van der Waals surface area contributed by atoms with Crippen molar-refractivity contribution < 1.29 is 13.9 Å². The Balaban J connectivity index is 1.33. The highest BCUT2D eigenvalue weighted by atomic mass is 19.1. The molecule has 0 radical (unpaired) electrons. The number of hydrogen-bond donors (Lipinski definition) is 2. The Morgan fingerprint density at radius 3 is 2.58 bits per heavy atom. The molecule has 2 heterocycles. The van der Waals surface area contributed by atoms with Gasteiger partial charge in [0.25, 0.3) is 0 Å². The van der Waals surface area contributed by atoms with Crippen LogP contribution in [0, 0.1) is 5.82 Å². The molecule has 2 unspecified atom stereocenters. The first-order chi connectivity index (χ1) is 15.2. The lowest BCUT2D eigenvalue weighted by Crippen LogP contribution is -2.53. The van der Waals surface area contributed by atoms with Gasteiger partial charge in [-0.05, 0) is 31.0 Å². The minimum absolute atomic E-state index is 0.0199. The number of nitrogens with zero attached hydrogens (tertiary/aromatic N) is 2. The second-order valence-corrected chi connectivity index (χ2v) is 8.13. The highest BCUT2D eigenvalue weighted by Gasteiger charge is 2.35. The molecule has 0 aliphatic carbocycles. The van der Waals surface area contributed by atoms with Crippen LogP contribution in [0.15, 0.2) is 48.5 Å². The Morgan fingerprint density at radius 2 is 1.81 bits per heavy atom. The van der Waals surface area contributed by atoms with Crippen molar-refractivity contribution in [3.05, 3.63) is 59.9 Å². The normalized spacial score (nSPS) is 21.4. The van der Waals surface area contributed by atoms with Gasteiger partial charge in [0.15, 0.2) is 0 Å². The zero-order chi connectivity index (χ0) is 21.6. The van der Waals surface area contributed by atoms with Gasteiger partial charge in [-0.1, -0.05) is 43.7 Å². The number of carbonyl (C=O) groups is 1. The van der Waals surface area contributed by atoms with Crippen LogP contribution in [0.3, 0.4) is 0 Å². The van der Waals surface area contributed by atoms with Crippen molar-refractivity contribution in [2.24, 2.45) is 0 Å². The van der Waals surface area contributed by atoms with Gasteiger partial charge in [-0.3, -0.25) is 4.79 Å². The van der Waals surface area contributed by atoms with E-state index in [1.165, 1.54) is 6.07 Å². The minimum Gasteiger partial charge on any atom is -0.493 e. The first-order valence-corrected chi connectivity index (χ1v) is 11.2. The molecule has 0 spiro atoms. The van der Waals surface area contributed by atoms with Crippen LogP contribution in [0.25, 0.3) is 0 Å². The number of hydrazine groups is 1. The zero-order valence-corrected chi connectivity index (χ0v) is 18.0. The molecular formula is C24H31FN4O2. The smallest absolute Gasteiger partial charge is 0.241 e. The predicted octanol–water partition coefficient (Wildman–Crippen LogP) is 3.26. The van der Waals surface area contributed by atoms with Crippen LogP contribution < -0.4 is 20.5 Å². The van der Waals surface area contributed by atoms with Crippen LogP contribution in [0.2, 0.25) is 0 Å². The summed E-state index contributed by atoms with van der Waals surface area (Å²) in [6, 6.07) is 14.6. The van der Waals surface area contributed by atoms with Crippen LogP contribution in [0.1, 0.15) is 37.8 Å². The maximum Gasteiger partial charge on any atom is 0.241 e. The van der Waals surface area contributed by atoms with E-state index in [0.29, 0.717) is 44.9 Å². The van der Waals surface area contributed by atoms with Crippen molar-refractivity contribution in [1.29, 1.82) is 0 Å². The van der Waals surface area contributed by atoms with Crippen molar-refractivity contribution in [1.82, 2.24) is 15.8 Å². The number of nitrogens with one attached hydrogen (secondary N) is 2. The molecular weight excluding hydrogens is 395 g/mol. The number of hydrogen-bond acceptors (Lipinski definition) is 5. The lowest BCUT2D eigenvalue weighted by molar-refractivity contribution is -0.133. The molecule has 2 atom stereocenters. The summed E-state index contributed by atoms with van der Waals surface area (Å²) in [7, 11) is 0. The number of anilines is 1. The third kappa shape index (κ3) is 4.99. The maximum atomic E-state index is 14.1.